The minimum Gasteiger partial charge on any atom is -0.207 e. The maximum atomic E-state index is 11.9. The van der Waals surface area contributed by atoms with Crippen molar-refractivity contribution in [3.05, 3.63) is 72.3 Å². The zero-order valence-electron chi connectivity index (χ0n) is 7.94. The maximum Gasteiger partial charge on any atom is 0.123 e. The van der Waals surface area contributed by atoms with Gasteiger partial charge in [-0.3, -0.25) is 0 Å². The molecule has 0 N–H and O–H groups in total. The van der Waals surface area contributed by atoms with Crippen molar-refractivity contribution in [1.29, 1.82) is 0 Å². The molecule has 0 saturated carbocycles. The van der Waals surface area contributed by atoms with Crippen LogP contribution in [0.3, 0.4) is 0 Å². The molecule has 0 aromatic heterocycles. The second-order valence-electron chi connectivity index (χ2n) is 2.59. The summed E-state index contributed by atoms with van der Waals surface area (Å²) < 4.78 is 23.8. The quantitative estimate of drug-likeness (QED) is 0.663. The van der Waals surface area contributed by atoms with Crippen molar-refractivity contribution in [3.8, 4) is 0 Å². The van der Waals surface area contributed by atoms with E-state index in [1.165, 1.54) is 24.3 Å². The van der Waals surface area contributed by atoms with Crippen molar-refractivity contribution in [2.75, 3.05) is 0 Å². The Labute approximate surface area is 98.7 Å². The van der Waals surface area contributed by atoms with Crippen LogP contribution in [-0.4, -0.2) is 0 Å². The Morgan fingerprint density at radius 2 is 0.800 bits per heavy atom. The van der Waals surface area contributed by atoms with E-state index in [-0.39, 0.29) is 29.0 Å². The molecule has 0 spiro atoms. The van der Waals surface area contributed by atoms with E-state index in [0.29, 0.717) is 0 Å². The third-order valence-corrected chi connectivity index (χ3v) is 1.47. The van der Waals surface area contributed by atoms with Gasteiger partial charge in [0, 0.05) is 17.4 Å². The average molecular weight is 244 g/mol. The molecular formula is C12H10CrF2. The van der Waals surface area contributed by atoms with Crippen LogP contribution in [0.4, 0.5) is 8.78 Å². The first-order valence-corrected chi connectivity index (χ1v) is 4.20. The Kier molecular flexibility index (Phi) is 7.53. The van der Waals surface area contributed by atoms with E-state index in [4.69, 9.17) is 0 Å². The van der Waals surface area contributed by atoms with Gasteiger partial charge in [-0.15, -0.1) is 0 Å². The molecule has 0 unspecified atom stereocenters. The van der Waals surface area contributed by atoms with Crippen molar-refractivity contribution in [2.24, 2.45) is 0 Å². The summed E-state index contributed by atoms with van der Waals surface area (Å²) in [5.41, 5.74) is 0. The van der Waals surface area contributed by atoms with Crippen molar-refractivity contribution in [2.45, 2.75) is 0 Å². The molecule has 0 heterocycles. The molecule has 15 heavy (non-hydrogen) atoms. The minimum absolute atomic E-state index is 0. The largest absolute Gasteiger partial charge is 0.207 e. The van der Waals surface area contributed by atoms with Crippen molar-refractivity contribution >= 4 is 0 Å². The van der Waals surface area contributed by atoms with Crippen molar-refractivity contribution in [3.63, 3.8) is 0 Å². The Morgan fingerprint density at radius 1 is 0.533 bits per heavy atom. The summed E-state index contributed by atoms with van der Waals surface area (Å²) >= 11 is 0. The molecule has 0 radical (unpaired) electrons. The number of hydrogen-bond acceptors (Lipinski definition) is 0. The molecule has 0 fully saturated rings. The Bertz CT molecular complexity index is 311. The molecular weight excluding hydrogens is 234 g/mol. The molecule has 0 atom stereocenters. The normalized spacial score (nSPS) is 8.13. The Hall–Kier alpha value is -1.17. The van der Waals surface area contributed by atoms with Gasteiger partial charge in [0.2, 0.25) is 0 Å². The predicted molar refractivity (Wildman–Crippen MR) is 52.8 cm³/mol. The minimum atomic E-state index is -0.178. The van der Waals surface area contributed by atoms with Crippen molar-refractivity contribution < 1.29 is 26.1 Å². The Morgan fingerprint density at radius 3 is 0.933 bits per heavy atom. The van der Waals surface area contributed by atoms with Crippen LogP contribution in [-0.2, 0) is 17.4 Å². The monoisotopic (exact) mass is 244 g/mol. The standard InChI is InChI=1S/2C6H5F.Cr/c2*7-6-4-2-1-3-5-6;/h2*1-5H;. The van der Waals surface area contributed by atoms with Gasteiger partial charge in [-0.05, 0) is 24.3 Å². The third-order valence-electron chi connectivity index (χ3n) is 1.47. The molecule has 0 amide bonds. The van der Waals surface area contributed by atoms with Crippen LogP contribution in [0.2, 0.25) is 0 Å². The molecule has 2 aromatic carbocycles. The maximum absolute atomic E-state index is 11.9. The van der Waals surface area contributed by atoms with Gasteiger partial charge in [-0.1, -0.05) is 36.4 Å². The van der Waals surface area contributed by atoms with Gasteiger partial charge in [-0.25, -0.2) is 8.78 Å². The number of hydrogen-bond donors (Lipinski definition) is 0. The first-order valence-electron chi connectivity index (χ1n) is 4.20. The molecule has 3 heteroatoms. The molecule has 2 aromatic rings. The molecule has 0 bridgehead atoms. The molecule has 0 aliphatic heterocycles. The summed E-state index contributed by atoms with van der Waals surface area (Å²) in [7, 11) is 0. The number of halogens is 2. The van der Waals surface area contributed by atoms with Crippen LogP contribution >= 0.6 is 0 Å². The van der Waals surface area contributed by atoms with E-state index in [9.17, 15) is 8.78 Å². The number of rotatable bonds is 0. The third kappa shape index (κ3) is 6.84. The fourth-order valence-electron chi connectivity index (χ4n) is 0.829. The van der Waals surface area contributed by atoms with Crippen LogP contribution in [0, 0.1) is 11.6 Å². The van der Waals surface area contributed by atoms with Gasteiger partial charge in [-0.2, -0.15) is 0 Å². The molecule has 2 rings (SSSR count). The van der Waals surface area contributed by atoms with Gasteiger partial charge in [0.15, 0.2) is 0 Å². The SMILES string of the molecule is Fc1ccccc1.Fc1ccccc1.[Cr]. The molecule has 78 valence electrons. The van der Waals surface area contributed by atoms with E-state index in [0.717, 1.165) is 0 Å². The molecule has 0 aliphatic rings. The van der Waals surface area contributed by atoms with E-state index in [1.54, 1.807) is 36.4 Å². The fourth-order valence-corrected chi connectivity index (χ4v) is 0.829. The Balaban J connectivity index is 0.000000245. The van der Waals surface area contributed by atoms with E-state index in [1.807, 2.05) is 0 Å². The topological polar surface area (TPSA) is 0 Å². The molecule has 0 nitrogen and oxygen atoms in total. The van der Waals surface area contributed by atoms with Crippen LogP contribution in [0.15, 0.2) is 60.7 Å². The summed E-state index contributed by atoms with van der Waals surface area (Å²) in [6, 6.07) is 15.9. The van der Waals surface area contributed by atoms with Crippen LogP contribution in [0.25, 0.3) is 0 Å². The first-order chi connectivity index (χ1) is 6.79. The second kappa shape index (κ2) is 8.17. The van der Waals surface area contributed by atoms with Gasteiger partial charge < -0.3 is 0 Å². The molecule has 0 aliphatic carbocycles. The predicted octanol–water partition coefficient (Wildman–Crippen LogP) is 3.65. The first kappa shape index (κ1) is 13.8. The summed E-state index contributed by atoms with van der Waals surface area (Å²) in [6.07, 6.45) is 0. The summed E-state index contributed by atoms with van der Waals surface area (Å²) in [5.74, 6) is -0.356. The number of benzene rings is 2. The summed E-state index contributed by atoms with van der Waals surface area (Å²) in [6.45, 7) is 0. The van der Waals surface area contributed by atoms with Gasteiger partial charge >= 0.3 is 0 Å². The summed E-state index contributed by atoms with van der Waals surface area (Å²) in [5, 5.41) is 0. The molecule has 0 saturated heterocycles. The van der Waals surface area contributed by atoms with Crippen LogP contribution in [0.5, 0.6) is 0 Å². The van der Waals surface area contributed by atoms with Gasteiger partial charge in [0.1, 0.15) is 11.6 Å². The second-order valence-corrected chi connectivity index (χ2v) is 2.59. The average Bonchev–Trinajstić information content (AvgIpc) is 2.21. The fraction of sp³-hybridized carbons (Fsp3) is 0. The zero-order chi connectivity index (χ0) is 10.2. The smallest absolute Gasteiger partial charge is 0.123 e. The van der Waals surface area contributed by atoms with Crippen molar-refractivity contribution in [1.82, 2.24) is 0 Å². The van der Waals surface area contributed by atoms with Gasteiger partial charge in [0.25, 0.3) is 0 Å². The summed E-state index contributed by atoms with van der Waals surface area (Å²) in [4.78, 5) is 0. The van der Waals surface area contributed by atoms with E-state index < -0.39 is 0 Å². The van der Waals surface area contributed by atoms with E-state index in [2.05, 4.69) is 0 Å². The van der Waals surface area contributed by atoms with Crippen LogP contribution < -0.4 is 0 Å². The van der Waals surface area contributed by atoms with E-state index >= 15 is 0 Å². The zero-order valence-corrected chi connectivity index (χ0v) is 9.21. The van der Waals surface area contributed by atoms with Gasteiger partial charge in [0.05, 0.1) is 0 Å². The van der Waals surface area contributed by atoms with Crippen LogP contribution in [0.1, 0.15) is 0 Å².